The van der Waals surface area contributed by atoms with Gasteiger partial charge in [0.1, 0.15) is 12.4 Å². The zero-order valence-corrected chi connectivity index (χ0v) is 10.1. The lowest BCUT2D eigenvalue weighted by atomic mass is 10.3. The van der Waals surface area contributed by atoms with E-state index in [1.54, 1.807) is 6.08 Å². The highest BCUT2D eigenvalue weighted by Gasteiger charge is 1.85. The number of rotatable bonds is 3. The number of benzene rings is 1. The molecule has 1 rings (SSSR count). The van der Waals surface area contributed by atoms with Gasteiger partial charge in [-0.05, 0) is 12.1 Å². The van der Waals surface area contributed by atoms with Gasteiger partial charge in [-0.3, -0.25) is 9.11 Å². The summed E-state index contributed by atoms with van der Waals surface area (Å²) < 4.78 is 36.8. The predicted molar refractivity (Wildman–Crippen MR) is 66.4 cm³/mol. The summed E-state index contributed by atoms with van der Waals surface area (Å²) in [7, 11) is -4.67. The summed E-state index contributed by atoms with van der Waals surface area (Å²) in [5.41, 5.74) is 0. The zero-order valence-electron chi connectivity index (χ0n) is 9.32. The van der Waals surface area contributed by atoms with Crippen LogP contribution in [-0.4, -0.2) is 24.1 Å². The van der Waals surface area contributed by atoms with Gasteiger partial charge < -0.3 is 17.0 Å². The van der Waals surface area contributed by atoms with Crippen molar-refractivity contribution in [3.63, 3.8) is 0 Å². The predicted octanol–water partition coefficient (Wildman–Crippen LogP) is 1.92. The second-order valence-corrected chi connectivity index (χ2v) is 3.26. The average Bonchev–Trinajstić information content (AvgIpc) is 2.14. The SMILES string of the molecule is C=CCOc1ccccc1.N.N.O=S(=O)(O)O. The Balaban J connectivity index is -0.000000247. The van der Waals surface area contributed by atoms with Gasteiger partial charge in [-0.15, -0.1) is 0 Å². The van der Waals surface area contributed by atoms with Crippen molar-refractivity contribution in [1.82, 2.24) is 12.3 Å². The number of para-hydroxylation sites is 1. The molecule has 8 N–H and O–H groups in total. The molecule has 0 aliphatic rings. The highest BCUT2D eigenvalue weighted by atomic mass is 32.3. The van der Waals surface area contributed by atoms with E-state index in [4.69, 9.17) is 22.3 Å². The monoisotopic (exact) mass is 266 g/mol. The summed E-state index contributed by atoms with van der Waals surface area (Å²) in [4.78, 5) is 0. The lowest BCUT2D eigenvalue weighted by Crippen LogP contribution is -1.91. The largest absolute Gasteiger partial charge is 0.490 e. The van der Waals surface area contributed by atoms with Crippen LogP contribution in [0.5, 0.6) is 5.75 Å². The van der Waals surface area contributed by atoms with E-state index in [0.29, 0.717) is 6.61 Å². The summed E-state index contributed by atoms with van der Waals surface area (Å²) >= 11 is 0. The zero-order chi connectivity index (χ0) is 11.7. The van der Waals surface area contributed by atoms with Crippen molar-refractivity contribution in [3.05, 3.63) is 43.0 Å². The molecule has 0 saturated carbocycles. The Kier molecular flexibility index (Phi) is 13.6. The molecule has 7 nitrogen and oxygen atoms in total. The fraction of sp³-hybridized carbons (Fsp3) is 0.111. The highest BCUT2D eigenvalue weighted by Crippen LogP contribution is 2.07. The Morgan fingerprint density at radius 1 is 1.18 bits per heavy atom. The smallest absolute Gasteiger partial charge is 0.394 e. The maximum Gasteiger partial charge on any atom is 0.394 e. The number of hydrogen-bond donors (Lipinski definition) is 4. The summed E-state index contributed by atoms with van der Waals surface area (Å²) in [5.74, 6) is 0.891. The standard InChI is InChI=1S/C9H10O.2H3N.H2O4S/c1-2-8-10-9-6-4-3-5-7-9;;;1-5(2,3)4/h2-7H,1,8H2;2*1H3;(H2,1,2,3,4). The molecule has 0 fully saturated rings. The molecule has 0 unspecified atom stereocenters. The summed E-state index contributed by atoms with van der Waals surface area (Å²) in [6.45, 7) is 4.12. The Hall–Kier alpha value is -1.45. The molecule has 100 valence electrons. The van der Waals surface area contributed by atoms with Crippen LogP contribution in [0.3, 0.4) is 0 Å². The van der Waals surface area contributed by atoms with Crippen molar-refractivity contribution in [2.75, 3.05) is 6.61 Å². The summed E-state index contributed by atoms with van der Waals surface area (Å²) in [5, 5.41) is 0. The Bertz CT molecular complexity index is 372. The van der Waals surface area contributed by atoms with Gasteiger partial charge in [0.2, 0.25) is 0 Å². The summed E-state index contributed by atoms with van der Waals surface area (Å²) in [6.07, 6.45) is 1.73. The molecular weight excluding hydrogens is 248 g/mol. The second kappa shape index (κ2) is 11.0. The first kappa shape index (κ1) is 20.9. The second-order valence-electron chi connectivity index (χ2n) is 2.36. The van der Waals surface area contributed by atoms with E-state index in [1.807, 2.05) is 30.3 Å². The van der Waals surface area contributed by atoms with Gasteiger partial charge in [0.25, 0.3) is 0 Å². The minimum Gasteiger partial charge on any atom is -0.490 e. The molecule has 0 saturated heterocycles. The minimum atomic E-state index is -4.67. The van der Waals surface area contributed by atoms with Crippen LogP contribution in [0.1, 0.15) is 0 Å². The number of hydrogen-bond acceptors (Lipinski definition) is 5. The summed E-state index contributed by atoms with van der Waals surface area (Å²) in [6, 6.07) is 9.69. The molecule has 0 aliphatic heterocycles. The van der Waals surface area contributed by atoms with E-state index < -0.39 is 10.4 Å². The van der Waals surface area contributed by atoms with Crippen molar-refractivity contribution >= 4 is 10.4 Å². The molecule has 0 atom stereocenters. The van der Waals surface area contributed by atoms with Crippen LogP contribution >= 0.6 is 0 Å². The first-order valence-electron chi connectivity index (χ1n) is 3.92. The topological polar surface area (TPSA) is 154 Å². The third-order valence-corrected chi connectivity index (χ3v) is 1.11. The fourth-order valence-electron chi connectivity index (χ4n) is 0.672. The molecule has 0 spiro atoms. The highest BCUT2D eigenvalue weighted by molar-refractivity contribution is 7.79. The molecular formula is C9H18N2O5S. The molecule has 1 aromatic carbocycles. The maximum absolute atomic E-state index is 8.74. The molecule has 0 amide bonds. The van der Waals surface area contributed by atoms with Crippen molar-refractivity contribution < 1.29 is 22.3 Å². The van der Waals surface area contributed by atoms with E-state index in [9.17, 15) is 0 Å². The lowest BCUT2D eigenvalue weighted by molar-refractivity contribution is 0.363. The molecule has 8 heteroatoms. The van der Waals surface area contributed by atoms with Gasteiger partial charge in [-0.2, -0.15) is 8.42 Å². The van der Waals surface area contributed by atoms with Crippen molar-refractivity contribution in [2.45, 2.75) is 0 Å². The van der Waals surface area contributed by atoms with Crippen molar-refractivity contribution in [1.29, 1.82) is 0 Å². The van der Waals surface area contributed by atoms with Crippen LogP contribution in [0.4, 0.5) is 0 Å². The van der Waals surface area contributed by atoms with Crippen LogP contribution in [0.2, 0.25) is 0 Å². The van der Waals surface area contributed by atoms with Gasteiger partial charge in [0.05, 0.1) is 0 Å². The normalized spacial score (nSPS) is 8.59. The van der Waals surface area contributed by atoms with Crippen LogP contribution < -0.4 is 17.0 Å². The molecule has 0 bridgehead atoms. The molecule has 0 radical (unpaired) electrons. The van der Waals surface area contributed by atoms with Gasteiger partial charge >= 0.3 is 10.4 Å². The van der Waals surface area contributed by atoms with E-state index in [0.717, 1.165) is 5.75 Å². The van der Waals surface area contributed by atoms with Gasteiger partial charge in [0.15, 0.2) is 0 Å². The average molecular weight is 266 g/mol. The van der Waals surface area contributed by atoms with E-state index in [-0.39, 0.29) is 12.3 Å². The molecule has 17 heavy (non-hydrogen) atoms. The van der Waals surface area contributed by atoms with E-state index >= 15 is 0 Å². The maximum atomic E-state index is 8.74. The fourth-order valence-corrected chi connectivity index (χ4v) is 0.672. The van der Waals surface area contributed by atoms with Crippen LogP contribution in [-0.2, 0) is 10.4 Å². The van der Waals surface area contributed by atoms with Gasteiger partial charge in [-0.1, -0.05) is 30.9 Å². The van der Waals surface area contributed by atoms with E-state index in [2.05, 4.69) is 6.58 Å². The first-order valence-corrected chi connectivity index (χ1v) is 5.32. The Morgan fingerprint density at radius 2 is 1.59 bits per heavy atom. The van der Waals surface area contributed by atoms with Crippen LogP contribution in [0.25, 0.3) is 0 Å². The van der Waals surface area contributed by atoms with Crippen molar-refractivity contribution in [2.24, 2.45) is 0 Å². The van der Waals surface area contributed by atoms with Crippen LogP contribution in [0, 0.1) is 0 Å². The number of ether oxygens (including phenoxy) is 1. The molecule has 0 aliphatic carbocycles. The lowest BCUT2D eigenvalue weighted by Gasteiger charge is -1.99. The van der Waals surface area contributed by atoms with Crippen molar-refractivity contribution in [3.8, 4) is 5.75 Å². The third-order valence-electron chi connectivity index (χ3n) is 1.11. The van der Waals surface area contributed by atoms with Gasteiger partial charge in [-0.25, -0.2) is 0 Å². The Labute approximate surface area is 101 Å². The van der Waals surface area contributed by atoms with Crippen LogP contribution in [0.15, 0.2) is 43.0 Å². The Morgan fingerprint density at radius 3 is 1.94 bits per heavy atom. The third kappa shape index (κ3) is 20.6. The quantitative estimate of drug-likeness (QED) is 0.481. The minimum absolute atomic E-state index is 0. The van der Waals surface area contributed by atoms with Gasteiger partial charge in [0, 0.05) is 0 Å². The van der Waals surface area contributed by atoms with E-state index in [1.165, 1.54) is 0 Å². The molecule has 0 heterocycles. The molecule has 0 aromatic heterocycles. The molecule has 1 aromatic rings. The first-order chi connectivity index (χ1) is 6.93.